The highest BCUT2D eigenvalue weighted by molar-refractivity contribution is 9.09. The van der Waals surface area contributed by atoms with Crippen LogP contribution in [-0.2, 0) is 20.9 Å². The minimum atomic E-state index is -0.821. The molecule has 38 heavy (non-hydrogen) atoms. The van der Waals surface area contributed by atoms with Crippen molar-refractivity contribution < 1.29 is 19.5 Å². The van der Waals surface area contributed by atoms with E-state index in [9.17, 15) is 19.5 Å². The first-order valence-electron chi connectivity index (χ1n) is 13.0. The molecule has 0 radical (unpaired) electrons. The highest BCUT2D eigenvalue weighted by atomic mass is 79.9. The first kappa shape index (κ1) is 27.2. The molecule has 2 bridgehead atoms. The van der Waals surface area contributed by atoms with Gasteiger partial charge in [0.05, 0.1) is 29.2 Å². The van der Waals surface area contributed by atoms with Crippen LogP contribution < -0.4 is 10.6 Å². The number of aliphatic hydroxyl groups excluding tert-OH is 1. The van der Waals surface area contributed by atoms with Crippen molar-refractivity contribution in [2.75, 3.05) is 6.61 Å². The molecule has 0 saturated carbocycles. The SMILES string of the molecule is CC(C)(C)NC(=O)C1N([C@H](CO)c2ccccc2)C(=O)[C@@H]2[C@H](C(=O)NCc3ccccc3)[C@H]3SC12CC3Br. The number of fused-ring (bicyclic) bond motifs is 1. The van der Waals surface area contributed by atoms with Gasteiger partial charge in [0, 0.05) is 22.2 Å². The Morgan fingerprint density at radius 3 is 2.34 bits per heavy atom. The van der Waals surface area contributed by atoms with Crippen molar-refractivity contribution in [2.45, 2.75) is 66.2 Å². The van der Waals surface area contributed by atoms with Crippen molar-refractivity contribution in [2.24, 2.45) is 11.8 Å². The molecule has 1 spiro atoms. The van der Waals surface area contributed by atoms with Gasteiger partial charge in [0.2, 0.25) is 17.7 Å². The van der Waals surface area contributed by atoms with E-state index in [1.807, 2.05) is 81.4 Å². The molecule has 3 aliphatic rings. The van der Waals surface area contributed by atoms with E-state index in [1.54, 1.807) is 16.7 Å². The molecule has 3 fully saturated rings. The first-order valence-corrected chi connectivity index (χ1v) is 14.8. The van der Waals surface area contributed by atoms with E-state index in [1.165, 1.54) is 0 Å². The van der Waals surface area contributed by atoms with Gasteiger partial charge in [0.15, 0.2) is 0 Å². The van der Waals surface area contributed by atoms with Crippen molar-refractivity contribution >= 4 is 45.4 Å². The molecule has 0 aliphatic carbocycles. The van der Waals surface area contributed by atoms with E-state index >= 15 is 0 Å². The number of carbonyl (C=O) groups excluding carboxylic acids is 3. The molecule has 0 aromatic heterocycles. The van der Waals surface area contributed by atoms with Crippen LogP contribution in [-0.4, -0.2) is 60.7 Å². The molecule has 3 amide bonds. The zero-order valence-electron chi connectivity index (χ0n) is 21.8. The fourth-order valence-corrected chi connectivity index (χ4v) is 9.97. The number of nitrogens with zero attached hydrogens (tertiary/aromatic N) is 1. The van der Waals surface area contributed by atoms with Gasteiger partial charge in [-0.15, -0.1) is 11.8 Å². The van der Waals surface area contributed by atoms with E-state index < -0.39 is 34.2 Å². The van der Waals surface area contributed by atoms with Gasteiger partial charge < -0.3 is 20.6 Å². The molecule has 5 rings (SSSR count). The van der Waals surface area contributed by atoms with Crippen LogP contribution in [0.3, 0.4) is 0 Å². The Morgan fingerprint density at radius 2 is 1.74 bits per heavy atom. The average molecular weight is 601 g/mol. The van der Waals surface area contributed by atoms with Crippen LogP contribution in [0.5, 0.6) is 0 Å². The summed E-state index contributed by atoms with van der Waals surface area (Å²) in [6.07, 6.45) is 0.590. The van der Waals surface area contributed by atoms with Crippen molar-refractivity contribution in [3.8, 4) is 0 Å². The number of hydrogen-bond acceptors (Lipinski definition) is 5. The van der Waals surface area contributed by atoms with E-state index in [0.717, 1.165) is 11.1 Å². The summed E-state index contributed by atoms with van der Waals surface area (Å²) in [6, 6.07) is 17.5. The van der Waals surface area contributed by atoms with Gasteiger partial charge in [-0.1, -0.05) is 76.6 Å². The van der Waals surface area contributed by atoms with Gasteiger partial charge in [-0.3, -0.25) is 14.4 Å². The van der Waals surface area contributed by atoms with Crippen LogP contribution in [0.2, 0.25) is 0 Å². The number of aliphatic hydroxyl groups is 1. The fourth-order valence-electron chi connectivity index (χ4n) is 6.37. The normalized spacial score (nSPS) is 30.7. The lowest BCUT2D eigenvalue weighted by molar-refractivity contribution is -0.143. The second-order valence-corrected chi connectivity index (χ2v) is 14.2. The minimum absolute atomic E-state index is 0.0155. The van der Waals surface area contributed by atoms with Gasteiger partial charge in [-0.25, -0.2) is 0 Å². The van der Waals surface area contributed by atoms with E-state index in [-0.39, 0.29) is 34.4 Å². The fraction of sp³-hybridized carbons (Fsp3) is 0.483. The quantitative estimate of drug-likeness (QED) is 0.424. The van der Waals surface area contributed by atoms with Gasteiger partial charge in [-0.05, 0) is 38.3 Å². The molecule has 3 heterocycles. The minimum Gasteiger partial charge on any atom is -0.394 e. The number of rotatable bonds is 7. The van der Waals surface area contributed by atoms with Gasteiger partial charge in [0.25, 0.3) is 0 Å². The van der Waals surface area contributed by atoms with Crippen LogP contribution in [0.4, 0.5) is 0 Å². The summed E-state index contributed by atoms with van der Waals surface area (Å²) in [4.78, 5) is 43.6. The van der Waals surface area contributed by atoms with Gasteiger partial charge >= 0.3 is 0 Å². The smallest absolute Gasteiger partial charge is 0.244 e. The van der Waals surface area contributed by atoms with Crippen LogP contribution >= 0.6 is 27.7 Å². The van der Waals surface area contributed by atoms with Crippen molar-refractivity contribution in [3.63, 3.8) is 0 Å². The third-order valence-electron chi connectivity index (χ3n) is 7.78. The summed E-state index contributed by atoms with van der Waals surface area (Å²) in [5.74, 6) is -1.90. The monoisotopic (exact) mass is 599 g/mol. The molecule has 3 N–H and O–H groups in total. The predicted octanol–water partition coefficient (Wildman–Crippen LogP) is 3.42. The molecule has 2 aromatic rings. The Bertz CT molecular complexity index is 1210. The number of hydrogen-bond donors (Lipinski definition) is 3. The third kappa shape index (κ3) is 4.67. The second kappa shape index (κ2) is 10.3. The lowest BCUT2D eigenvalue weighted by Crippen LogP contribution is -2.58. The number of amides is 3. The van der Waals surface area contributed by atoms with E-state index in [0.29, 0.717) is 13.0 Å². The molecule has 3 unspecified atom stereocenters. The first-order chi connectivity index (χ1) is 18.1. The summed E-state index contributed by atoms with van der Waals surface area (Å²) in [5.41, 5.74) is 1.23. The molecule has 2 aromatic carbocycles. The topological polar surface area (TPSA) is 98.7 Å². The number of carbonyl (C=O) groups is 3. The van der Waals surface area contributed by atoms with Gasteiger partial charge in [0.1, 0.15) is 6.04 Å². The number of likely N-dealkylation sites (tertiary alicyclic amines) is 1. The molecule has 3 saturated heterocycles. The summed E-state index contributed by atoms with van der Waals surface area (Å²) in [6.45, 7) is 5.78. The van der Waals surface area contributed by atoms with E-state index in [2.05, 4.69) is 26.6 Å². The summed E-state index contributed by atoms with van der Waals surface area (Å²) in [7, 11) is 0. The third-order valence-corrected chi connectivity index (χ3v) is 11.0. The standard InChI is InChI=1S/C29H34BrN3O4S/c1-28(2,3)32-26(36)24-29-14-19(30)23(38-29)21(25(35)31-15-17-10-6-4-7-11-17)22(29)27(37)33(24)20(16-34)18-12-8-5-9-13-18/h4-13,19-24,34H,14-16H2,1-3H3,(H,31,35)(H,32,36)/t19?,20-,21+,22+,23+,24?,29?/m1/s1. The van der Waals surface area contributed by atoms with E-state index in [4.69, 9.17) is 0 Å². The number of alkyl halides is 1. The largest absolute Gasteiger partial charge is 0.394 e. The highest BCUT2D eigenvalue weighted by Crippen LogP contribution is 2.68. The molecule has 9 heteroatoms. The molecule has 202 valence electrons. The highest BCUT2D eigenvalue weighted by Gasteiger charge is 2.76. The van der Waals surface area contributed by atoms with Crippen molar-refractivity contribution in [3.05, 3.63) is 71.8 Å². The maximum atomic E-state index is 14.3. The molecular weight excluding hydrogens is 566 g/mol. The number of nitrogens with one attached hydrogen (secondary N) is 2. The lowest BCUT2D eigenvalue weighted by atomic mass is 9.70. The lowest BCUT2D eigenvalue weighted by Gasteiger charge is -2.39. The average Bonchev–Trinajstić information content (AvgIpc) is 3.47. The zero-order chi connectivity index (χ0) is 27.2. The number of benzene rings is 2. The zero-order valence-corrected chi connectivity index (χ0v) is 24.2. The Morgan fingerprint density at radius 1 is 1.11 bits per heavy atom. The second-order valence-electron chi connectivity index (χ2n) is 11.5. The molecule has 3 aliphatic heterocycles. The van der Waals surface area contributed by atoms with Crippen LogP contribution in [0, 0.1) is 11.8 Å². The maximum absolute atomic E-state index is 14.3. The summed E-state index contributed by atoms with van der Waals surface area (Å²) >= 11 is 5.39. The van der Waals surface area contributed by atoms with Crippen LogP contribution in [0.1, 0.15) is 44.4 Å². The molecular formula is C29H34BrN3O4S. The van der Waals surface area contributed by atoms with Crippen LogP contribution in [0.25, 0.3) is 0 Å². The van der Waals surface area contributed by atoms with Crippen molar-refractivity contribution in [1.29, 1.82) is 0 Å². The van der Waals surface area contributed by atoms with Crippen molar-refractivity contribution in [1.82, 2.24) is 15.5 Å². The summed E-state index contributed by atoms with van der Waals surface area (Å²) < 4.78 is -0.776. The molecule has 7 atom stereocenters. The summed E-state index contributed by atoms with van der Waals surface area (Å²) in [5, 5.41) is 16.6. The maximum Gasteiger partial charge on any atom is 0.244 e. The van der Waals surface area contributed by atoms with Crippen LogP contribution in [0.15, 0.2) is 60.7 Å². The Balaban J connectivity index is 1.54. The Kier molecular flexibility index (Phi) is 7.39. The number of thioether (sulfide) groups is 1. The molecule has 7 nitrogen and oxygen atoms in total. The number of halogens is 1. The Hall–Kier alpha value is -2.36. The van der Waals surface area contributed by atoms with Gasteiger partial charge in [-0.2, -0.15) is 0 Å². The predicted molar refractivity (Wildman–Crippen MR) is 152 cm³/mol. The Labute approximate surface area is 236 Å².